The molecule has 0 bridgehead atoms. The summed E-state index contributed by atoms with van der Waals surface area (Å²) in [5.74, 6) is -1.01. The number of aromatic nitrogens is 3. The van der Waals surface area contributed by atoms with Crippen molar-refractivity contribution in [2.24, 2.45) is 0 Å². The summed E-state index contributed by atoms with van der Waals surface area (Å²) in [7, 11) is 2.65. The number of nitrogens with zero attached hydrogens (tertiary/aromatic N) is 4. The molecule has 0 fully saturated rings. The Morgan fingerprint density at radius 1 is 1.02 bits per heavy atom. The highest BCUT2D eigenvalue weighted by Gasteiger charge is 2.39. The SMILES string of the molecule is COc1cc(NC(C(=O)N2CCc3cc(OC)c(C(F)(F)F)cc32)c2ccc(F)cc2OCCO[S+](C)C(C)(C)C)cc(-n2cncn2)c1. The highest BCUT2D eigenvalue weighted by molar-refractivity contribution is 7.93. The molecule has 0 radical (unpaired) electrons. The first kappa shape index (κ1) is 35.8. The largest absolute Gasteiger partial charge is 0.497 e. The number of halogens is 4. The molecule has 2 unspecified atom stereocenters. The first-order valence-corrected chi connectivity index (χ1v) is 16.9. The van der Waals surface area contributed by atoms with Crippen LogP contribution in [0.2, 0.25) is 0 Å². The van der Waals surface area contributed by atoms with Gasteiger partial charge in [-0.2, -0.15) is 22.5 Å². The lowest BCUT2D eigenvalue weighted by molar-refractivity contribution is -0.138. The summed E-state index contributed by atoms with van der Waals surface area (Å²) in [5, 5.41) is 7.39. The van der Waals surface area contributed by atoms with Crippen molar-refractivity contribution in [1.29, 1.82) is 0 Å². The molecule has 15 heteroatoms. The molecule has 2 heterocycles. The summed E-state index contributed by atoms with van der Waals surface area (Å²) in [4.78, 5) is 19.9. The van der Waals surface area contributed by atoms with Crippen molar-refractivity contribution in [1.82, 2.24) is 14.8 Å². The van der Waals surface area contributed by atoms with Gasteiger partial charge in [0.2, 0.25) is 0 Å². The van der Waals surface area contributed by atoms with Gasteiger partial charge in [-0.1, -0.05) is 0 Å². The number of fused-ring (bicyclic) bond motifs is 1. The fourth-order valence-electron chi connectivity index (χ4n) is 5.25. The number of alkyl halides is 3. The lowest BCUT2D eigenvalue weighted by atomic mass is 10.0. The normalized spacial score (nSPS) is 14.3. The van der Waals surface area contributed by atoms with E-state index >= 15 is 0 Å². The Labute approximate surface area is 284 Å². The number of methoxy groups -OCH3 is 2. The van der Waals surface area contributed by atoms with Crippen molar-refractivity contribution in [3.8, 4) is 22.9 Å². The fraction of sp³-hybridized carbons (Fsp3) is 0.382. The van der Waals surface area contributed by atoms with Gasteiger partial charge in [-0.3, -0.25) is 4.79 Å². The third-order valence-corrected chi connectivity index (χ3v) is 10.2. The standard InChI is InChI=1S/C34H38F4N5O5S/c1-33(2,3)49(6)48-12-11-47-29-14-22(35)7-8-26(29)31(41-23-15-24(17-25(16-23)45-4)43-20-39-19-40-43)32(44)42-10-9-21-13-30(46-5)27(18-28(21)42)34(36,37)38/h7-8,13-20,31,41H,9-12H2,1-6H3/q+1. The quantitative estimate of drug-likeness (QED) is 0.101. The van der Waals surface area contributed by atoms with E-state index < -0.39 is 29.5 Å². The number of hydrogen-bond donors (Lipinski definition) is 1. The molecular weight excluding hydrogens is 666 g/mol. The van der Waals surface area contributed by atoms with E-state index in [-0.39, 0.29) is 58.4 Å². The van der Waals surface area contributed by atoms with Gasteiger partial charge in [0.1, 0.15) is 72.4 Å². The lowest BCUT2D eigenvalue weighted by Gasteiger charge is -2.28. The van der Waals surface area contributed by atoms with Crippen LogP contribution in [0.1, 0.15) is 43.5 Å². The van der Waals surface area contributed by atoms with E-state index in [0.717, 1.165) is 6.07 Å². The van der Waals surface area contributed by atoms with Crippen LogP contribution in [0, 0.1) is 5.82 Å². The molecule has 3 aromatic carbocycles. The Kier molecular flexibility index (Phi) is 10.6. The zero-order valence-electron chi connectivity index (χ0n) is 27.9. The van der Waals surface area contributed by atoms with Crippen LogP contribution < -0.4 is 24.4 Å². The molecule has 262 valence electrons. The minimum Gasteiger partial charge on any atom is -0.497 e. The molecule has 0 saturated carbocycles. The predicted octanol–water partition coefficient (Wildman–Crippen LogP) is 6.54. The molecule has 0 spiro atoms. The first-order valence-electron chi connectivity index (χ1n) is 15.3. The lowest BCUT2D eigenvalue weighted by Crippen LogP contribution is -2.37. The topological polar surface area (TPSA) is 100.0 Å². The zero-order valence-corrected chi connectivity index (χ0v) is 28.7. The highest BCUT2D eigenvalue weighted by Crippen LogP contribution is 2.43. The van der Waals surface area contributed by atoms with E-state index in [1.165, 1.54) is 60.7 Å². The van der Waals surface area contributed by atoms with Gasteiger partial charge < -0.3 is 24.4 Å². The van der Waals surface area contributed by atoms with Crippen molar-refractivity contribution in [2.75, 3.05) is 50.5 Å². The maximum Gasteiger partial charge on any atom is 0.420 e. The van der Waals surface area contributed by atoms with Crippen molar-refractivity contribution in [3.05, 3.63) is 83.7 Å². The zero-order chi connectivity index (χ0) is 35.5. The number of anilines is 2. The Bertz CT molecular complexity index is 1780. The van der Waals surface area contributed by atoms with Crippen molar-refractivity contribution < 1.29 is 40.7 Å². The molecule has 1 aliphatic rings. The molecule has 5 rings (SSSR count). The molecule has 1 amide bonds. The molecule has 2 atom stereocenters. The Morgan fingerprint density at radius 3 is 2.45 bits per heavy atom. The average Bonchev–Trinajstić information content (AvgIpc) is 3.74. The number of rotatable bonds is 12. The predicted molar refractivity (Wildman–Crippen MR) is 179 cm³/mol. The number of carbonyl (C=O) groups is 1. The van der Waals surface area contributed by atoms with Gasteiger partial charge in [0.25, 0.3) is 5.91 Å². The third kappa shape index (κ3) is 8.21. The van der Waals surface area contributed by atoms with Crippen LogP contribution in [0.5, 0.6) is 17.2 Å². The van der Waals surface area contributed by atoms with Gasteiger partial charge in [0, 0.05) is 41.7 Å². The van der Waals surface area contributed by atoms with Crippen LogP contribution in [0.25, 0.3) is 5.69 Å². The highest BCUT2D eigenvalue weighted by atomic mass is 32.2. The van der Waals surface area contributed by atoms with Gasteiger partial charge in [0.05, 0.1) is 25.5 Å². The Hall–Kier alpha value is -4.50. The summed E-state index contributed by atoms with van der Waals surface area (Å²) >= 11 is -0.390. The molecular formula is C34H38F4N5O5S+. The number of nitrogens with one attached hydrogen (secondary N) is 1. The summed E-state index contributed by atoms with van der Waals surface area (Å²) in [6, 6.07) is 9.85. The van der Waals surface area contributed by atoms with Crippen molar-refractivity contribution in [2.45, 2.75) is 44.2 Å². The number of hydrogen-bond acceptors (Lipinski definition) is 8. The third-order valence-electron chi connectivity index (χ3n) is 7.99. The second-order valence-electron chi connectivity index (χ2n) is 12.2. The van der Waals surface area contributed by atoms with Gasteiger partial charge in [-0.05, 0) is 63.1 Å². The van der Waals surface area contributed by atoms with E-state index in [1.54, 1.807) is 18.2 Å². The number of benzene rings is 3. The first-order chi connectivity index (χ1) is 23.2. The average molecular weight is 705 g/mol. The monoisotopic (exact) mass is 704 g/mol. The second kappa shape index (κ2) is 14.5. The Morgan fingerprint density at radius 2 is 1.80 bits per heavy atom. The summed E-state index contributed by atoms with van der Waals surface area (Å²) in [6.45, 7) is 6.54. The Balaban J connectivity index is 1.55. The minimum absolute atomic E-state index is 0.0572. The number of carbonyl (C=O) groups excluding carboxylic acids is 1. The molecule has 1 N–H and O–H groups in total. The fourth-order valence-corrected chi connectivity index (χ4v) is 5.92. The number of amides is 1. The summed E-state index contributed by atoms with van der Waals surface area (Å²) < 4.78 is 80.7. The van der Waals surface area contributed by atoms with E-state index in [1.807, 2.05) is 6.26 Å². The molecule has 49 heavy (non-hydrogen) atoms. The van der Waals surface area contributed by atoms with Crippen molar-refractivity contribution >= 4 is 28.5 Å². The van der Waals surface area contributed by atoms with E-state index in [0.29, 0.717) is 29.1 Å². The van der Waals surface area contributed by atoms with Crippen LogP contribution >= 0.6 is 0 Å². The van der Waals surface area contributed by atoms with Crippen LogP contribution in [0.4, 0.5) is 28.9 Å². The summed E-state index contributed by atoms with van der Waals surface area (Å²) in [5.41, 5.74) is 0.857. The molecule has 1 aliphatic heterocycles. The molecule has 4 aromatic rings. The van der Waals surface area contributed by atoms with Crippen LogP contribution in [-0.4, -0.2) is 65.7 Å². The molecule has 0 saturated heterocycles. The number of ether oxygens (including phenoxy) is 3. The van der Waals surface area contributed by atoms with Gasteiger partial charge in [-0.25, -0.2) is 14.1 Å². The second-order valence-corrected chi connectivity index (χ2v) is 14.5. The summed E-state index contributed by atoms with van der Waals surface area (Å²) in [6.07, 6.45) is 0.404. The molecule has 1 aromatic heterocycles. The van der Waals surface area contributed by atoms with Crippen LogP contribution in [0.3, 0.4) is 0 Å². The van der Waals surface area contributed by atoms with Gasteiger partial charge >= 0.3 is 6.18 Å². The van der Waals surface area contributed by atoms with Crippen LogP contribution in [-0.2, 0) is 32.8 Å². The van der Waals surface area contributed by atoms with E-state index in [2.05, 4.69) is 36.2 Å². The molecule has 0 aliphatic carbocycles. The van der Waals surface area contributed by atoms with Crippen molar-refractivity contribution in [3.63, 3.8) is 0 Å². The van der Waals surface area contributed by atoms with Gasteiger partial charge in [-0.15, -0.1) is 0 Å². The maximum absolute atomic E-state index is 14.7. The van der Waals surface area contributed by atoms with E-state index in [9.17, 15) is 22.4 Å². The maximum atomic E-state index is 14.7. The van der Waals surface area contributed by atoms with Crippen LogP contribution in [0.15, 0.2) is 61.2 Å². The smallest absolute Gasteiger partial charge is 0.420 e. The minimum atomic E-state index is -4.72. The van der Waals surface area contributed by atoms with Gasteiger partial charge in [0.15, 0.2) is 4.75 Å². The van der Waals surface area contributed by atoms with E-state index in [4.69, 9.17) is 18.4 Å². The molecule has 10 nitrogen and oxygen atoms in total.